The van der Waals surface area contributed by atoms with E-state index in [-0.39, 0.29) is 0 Å². The van der Waals surface area contributed by atoms with Crippen molar-refractivity contribution >= 4 is 0 Å². The molecule has 3 atom stereocenters. The van der Waals surface area contributed by atoms with Gasteiger partial charge in [0, 0.05) is 24.7 Å². The second-order valence-electron chi connectivity index (χ2n) is 5.61. The first-order valence-corrected chi connectivity index (χ1v) is 6.68. The van der Waals surface area contributed by atoms with Crippen LogP contribution >= 0.6 is 0 Å². The van der Waals surface area contributed by atoms with Crippen LogP contribution in [0.25, 0.3) is 0 Å². The molecule has 0 radical (unpaired) electrons. The number of hydrogen-bond acceptors (Lipinski definition) is 2. The quantitative estimate of drug-likeness (QED) is 0.765. The van der Waals surface area contributed by atoms with Gasteiger partial charge in [0.05, 0.1) is 0 Å². The van der Waals surface area contributed by atoms with Crippen LogP contribution in [0.2, 0.25) is 0 Å². The number of rotatable bonds is 4. The molecule has 2 fully saturated rings. The lowest BCUT2D eigenvalue weighted by Gasteiger charge is -2.39. The molecule has 2 heterocycles. The van der Waals surface area contributed by atoms with Gasteiger partial charge in [-0.05, 0) is 38.6 Å². The molecule has 15 heavy (non-hydrogen) atoms. The third-order valence-electron chi connectivity index (χ3n) is 4.68. The van der Waals surface area contributed by atoms with Crippen molar-refractivity contribution in [3.8, 4) is 0 Å². The van der Waals surface area contributed by atoms with E-state index in [0.29, 0.717) is 5.54 Å². The second kappa shape index (κ2) is 4.42. The molecule has 0 amide bonds. The van der Waals surface area contributed by atoms with Crippen LogP contribution in [0.5, 0.6) is 0 Å². The highest BCUT2D eigenvalue weighted by molar-refractivity contribution is 4.99. The number of hydrogen-bond donors (Lipinski definition) is 1. The van der Waals surface area contributed by atoms with Crippen molar-refractivity contribution in [2.45, 2.75) is 58.0 Å². The third kappa shape index (κ3) is 2.07. The molecule has 88 valence electrons. The fourth-order valence-electron chi connectivity index (χ4n) is 3.39. The minimum Gasteiger partial charge on any atom is -0.312 e. The first kappa shape index (κ1) is 11.4. The molecule has 0 aromatic heterocycles. The molecular weight excluding hydrogens is 184 g/mol. The van der Waals surface area contributed by atoms with E-state index in [4.69, 9.17) is 0 Å². The van der Waals surface area contributed by atoms with Gasteiger partial charge in [-0.2, -0.15) is 0 Å². The van der Waals surface area contributed by atoms with Gasteiger partial charge in [0.1, 0.15) is 0 Å². The predicted octanol–water partition coefficient (Wildman–Crippen LogP) is 2.25. The lowest BCUT2D eigenvalue weighted by Crippen LogP contribution is -2.46. The van der Waals surface area contributed by atoms with Crippen LogP contribution in [0.1, 0.15) is 46.5 Å². The fraction of sp³-hybridized carbons (Fsp3) is 1.00. The molecule has 3 unspecified atom stereocenters. The van der Waals surface area contributed by atoms with Crippen molar-refractivity contribution in [3.63, 3.8) is 0 Å². The zero-order chi connectivity index (χ0) is 10.9. The van der Waals surface area contributed by atoms with E-state index in [1.165, 1.54) is 45.3 Å². The summed E-state index contributed by atoms with van der Waals surface area (Å²) in [6.45, 7) is 11.0. The van der Waals surface area contributed by atoms with Crippen molar-refractivity contribution in [1.82, 2.24) is 10.2 Å². The molecule has 2 rings (SSSR count). The summed E-state index contributed by atoms with van der Waals surface area (Å²) in [5.41, 5.74) is 0.459. The van der Waals surface area contributed by atoms with Gasteiger partial charge >= 0.3 is 0 Å². The normalized spacial score (nSPS) is 35.4. The molecular formula is C13H26N2. The monoisotopic (exact) mass is 210 g/mol. The van der Waals surface area contributed by atoms with Gasteiger partial charge in [0.15, 0.2) is 0 Å². The lowest BCUT2D eigenvalue weighted by atomic mass is 9.91. The maximum absolute atomic E-state index is 3.65. The molecule has 0 aromatic rings. The molecule has 0 spiro atoms. The Kier molecular flexibility index (Phi) is 3.36. The van der Waals surface area contributed by atoms with Gasteiger partial charge in [-0.25, -0.2) is 0 Å². The number of likely N-dealkylation sites (tertiary alicyclic amines) is 1. The van der Waals surface area contributed by atoms with Crippen LogP contribution in [0.3, 0.4) is 0 Å². The summed E-state index contributed by atoms with van der Waals surface area (Å²) < 4.78 is 0. The largest absolute Gasteiger partial charge is 0.312 e. The van der Waals surface area contributed by atoms with Crippen LogP contribution in [0.4, 0.5) is 0 Å². The molecule has 2 aliphatic rings. The zero-order valence-corrected chi connectivity index (χ0v) is 10.6. The molecule has 2 nitrogen and oxygen atoms in total. The van der Waals surface area contributed by atoms with E-state index in [1.807, 2.05) is 0 Å². The molecule has 0 saturated carbocycles. The summed E-state index contributed by atoms with van der Waals surface area (Å²) >= 11 is 0. The van der Waals surface area contributed by atoms with Crippen molar-refractivity contribution in [3.05, 3.63) is 0 Å². The van der Waals surface area contributed by atoms with Crippen molar-refractivity contribution in [2.24, 2.45) is 5.92 Å². The standard InChI is InChI=1S/C13H26N2/c1-4-7-13(3,5-2)15-9-11-6-8-14-12(11)10-15/h11-12,14H,4-10H2,1-3H3. The van der Waals surface area contributed by atoms with Gasteiger partial charge in [-0.1, -0.05) is 20.3 Å². The molecule has 2 aliphatic heterocycles. The molecule has 0 aliphatic carbocycles. The van der Waals surface area contributed by atoms with Gasteiger partial charge < -0.3 is 5.32 Å². The van der Waals surface area contributed by atoms with Crippen molar-refractivity contribution < 1.29 is 0 Å². The minimum absolute atomic E-state index is 0.459. The Morgan fingerprint density at radius 2 is 2.13 bits per heavy atom. The molecule has 1 N–H and O–H groups in total. The van der Waals surface area contributed by atoms with Crippen LogP contribution in [-0.2, 0) is 0 Å². The maximum Gasteiger partial charge on any atom is 0.0236 e. The Hall–Kier alpha value is -0.0800. The Bertz CT molecular complexity index is 205. The summed E-state index contributed by atoms with van der Waals surface area (Å²) in [6, 6.07) is 0.799. The smallest absolute Gasteiger partial charge is 0.0236 e. The van der Waals surface area contributed by atoms with E-state index >= 15 is 0 Å². The average Bonchev–Trinajstić information content (AvgIpc) is 2.77. The lowest BCUT2D eigenvalue weighted by molar-refractivity contribution is 0.110. The predicted molar refractivity (Wildman–Crippen MR) is 65.1 cm³/mol. The zero-order valence-electron chi connectivity index (χ0n) is 10.6. The summed E-state index contributed by atoms with van der Waals surface area (Å²) in [5.74, 6) is 0.938. The van der Waals surface area contributed by atoms with E-state index in [2.05, 4.69) is 31.0 Å². The number of fused-ring (bicyclic) bond motifs is 1. The minimum atomic E-state index is 0.459. The second-order valence-corrected chi connectivity index (χ2v) is 5.61. The first-order chi connectivity index (χ1) is 7.19. The SMILES string of the molecule is CCCC(C)(CC)N1CC2CCNC2C1. The van der Waals surface area contributed by atoms with Gasteiger partial charge in [0.2, 0.25) is 0 Å². The molecule has 0 bridgehead atoms. The number of nitrogens with zero attached hydrogens (tertiary/aromatic N) is 1. The third-order valence-corrected chi connectivity index (χ3v) is 4.68. The van der Waals surface area contributed by atoms with Crippen molar-refractivity contribution in [2.75, 3.05) is 19.6 Å². The Morgan fingerprint density at radius 1 is 1.33 bits per heavy atom. The first-order valence-electron chi connectivity index (χ1n) is 6.68. The van der Waals surface area contributed by atoms with Crippen LogP contribution in [0, 0.1) is 5.92 Å². The summed E-state index contributed by atoms with van der Waals surface area (Å²) in [6.07, 6.45) is 5.35. The molecule has 2 saturated heterocycles. The van der Waals surface area contributed by atoms with E-state index < -0.39 is 0 Å². The Morgan fingerprint density at radius 3 is 2.73 bits per heavy atom. The van der Waals surface area contributed by atoms with E-state index in [1.54, 1.807) is 0 Å². The fourth-order valence-corrected chi connectivity index (χ4v) is 3.39. The van der Waals surface area contributed by atoms with Gasteiger partial charge in [-0.3, -0.25) is 4.90 Å². The summed E-state index contributed by atoms with van der Waals surface area (Å²) in [4.78, 5) is 2.75. The Balaban J connectivity index is 1.99. The van der Waals surface area contributed by atoms with Crippen LogP contribution < -0.4 is 5.32 Å². The summed E-state index contributed by atoms with van der Waals surface area (Å²) in [5, 5.41) is 3.65. The van der Waals surface area contributed by atoms with Gasteiger partial charge in [-0.15, -0.1) is 0 Å². The summed E-state index contributed by atoms with van der Waals surface area (Å²) in [7, 11) is 0. The average molecular weight is 210 g/mol. The highest BCUT2D eigenvalue weighted by Crippen LogP contribution is 2.34. The highest BCUT2D eigenvalue weighted by atomic mass is 15.3. The topological polar surface area (TPSA) is 15.3 Å². The highest BCUT2D eigenvalue weighted by Gasteiger charge is 2.42. The number of nitrogens with one attached hydrogen (secondary N) is 1. The molecule has 0 aromatic carbocycles. The molecule has 2 heteroatoms. The van der Waals surface area contributed by atoms with E-state index in [9.17, 15) is 0 Å². The Labute approximate surface area is 94.4 Å². The van der Waals surface area contributed by atoms with Crippen LogP contribution in [-0.4, -0.2) is 36.1 Å². The maximum atomic E-state index is 3.65. The van der Waals surface area contributed by atoms with Crippen molar-refractivity contribution in [1.29, 1.82) is 0 Å². The van der Waals surface area contributed by atoms with E-state index in [0.717, 1.165) is 12.0 Å². The van der Waals surface area contributed by atoms with Crippen LogP contribution in [0.15, 0.2) is 0 Å². The van der Waals surface area contributed by atoms with Gasteiger partial charge in [0.25, 0.3) is 0 Å².